The van der Waals surface area contributed by atoms with Gasteiger partial charge in [0.1, 0.15) is 6.61 Å². The maximum atomic E-state index is 10.6. The molecule has 4 nitrogen and oxygen atoms in total. The third-order valence-corrected chi connectivity index (χ3v) is 1.62. The first-order chi connectivity index (χ1) is 5.33. The van der Waals surface area contributed by atoms with Gasteiger partial charge in [0, 0.05) is 6.61 Å². The van der Waals surface area contributed by atoms with Crippen LogP contribution in [-0.2, 0) is 14.3 Å². The topological polar surface area (TPSA) is 61.6 Å². The Morgan fingerprint density at radius 1 is 1.67 bits per heavy atom. The monoisotopic (exact) mass is 195 g/mol. The Morgan fingerprint density at radius 2 is 2.42 bits per heavy atom. The maximum Gasteiger partial charge on any atom is 0.319 e. The molecule has 1 aliphatic heterocycles. The SMILES string of the molecule is Cl.NCC(=O)OCC1CCCO1. The summed E-state index contributed by atoms with van der Waals surface area (Å²) in [4.78, 5) is 10.6. The van der Waals surface area contributed by atoms with Crippen molar-refractivity contribution in [3.8, 4) is 0 Å². The third-order valence-electron chi connectivity index (χ3n) is 1.62. The van der Waals surface area contributed by atoms with Crippen molar-refractivity contribution in [2.24, 2.45) is 5.73 Å². The molecule has 1 rings (SSSR count). The molecule has 0 spiro atoms. The highest BCUT2D eigenvalue weighted by atomic mass is 35.5. The largest absolute Gasteiger partial charge is 0.462 e. The lowest BCUT2D eigenvalue weighted by Crippen LogP contribution is -2.22. The molecule has 1 atom stereocenters. The lowest BCUT2D eigenvalue weighted by atomic mass is 10.2. The molecule has 0 radical (unpaired) electrons. The maximum absolute atomic E-state index is 10.6. The van der Waals surface area contributed by atoms with Crippen LogP contribution in [0.1, 0.15) is 12.8 Å². The fourth-order valence-corrected chi connectivity index (χ4v) is 1.02. The Balaban J connectivity index is 0.00000121. The van der Waals surface area contributed by atoms with Gasteiger partial charge in [0.2, 0.25) is 0 Å². The smallest absolute Gasteiger partial charge is 0.319 e. The number of nitrogens with two attached hydrogens (primary N) is 1. The van der Waals surface area contributed by atoms with Crippen LogP contribution in [0.25, 0.3) is 0 Å². The molecule has 0 aromatic carbocycles. The molecule has 0 saturated carbocycles. The fraction of sp³-hybridized carbons (Fsp3) is 0.857. The van der Waals surface area contributed by atoms with Crippen LogP contribution in [0.2, 0.25) is 0 Å². The van der Waals surface area contributed by atoms with Crippen LogP contribution in [0.15, 0.2) is 0 Å². The molecule has 1 aliphatic rings. The number of rotatable bonds is 3. The predicted molar refractivity (Wildman–Crippen MR) is 46.2 cm³/mol. The van der Waals surface area contributed by atoms with Crippen molar-refractivity contribution in [1.82, 2.24) is 0 Å². The summed E-state index contributed by atoms with van der Waals surface area (Å²) < 4.78 is 10.0. The summed E-state index contributed by atoms with van der Waals surface area (Å²) in [5.41, 5.74) is 5.04. The van der Waals surface area contributed by atoms with Crippen molar-refractivity contribution >= 4 is 18.4 Å². The van der Waals surface area contributed by atoms with E-state index in [0.29, 0.717) is 6.61 Å². The zero-order valence-corrected chi connectivity index (χ0v) is 7.64. The van der Waals surface area contributed by atoms with Gasteiger partial charge in [0.15, 0.2) is 0 Å². The van der Waals surface area contributed by atoms with Crippen LogP contribution in [0.4, 0.5) is 0 Å². The summed E-state index contributed by atoms with van der Waals surface area (Å²) in [7, 11) is 0. The molecule has 1 fully saturated rings. The Kier molecular flexibility index (Phi) is 6.06. The van der Waals surface area contributed by atoms with E-state index >= 15 is 0 Å². The second-order valence-corrected chi connectivity index (χ2v) is 2.52. The van der Waals surface area contributed by atoms with Gasteiger partial charge in [-0.3, -0.25) is 4.79 Å². The summed E-state index contributed by atoms with van der Waals surface area (Å²) in [6.07, 6.45) is 2.15. The summed E-state index contributed by atoms with van der Waals surface area (Å²) in [5.74, 6) is -0.361. The number of esters is 1. The fourth-order valence-electron chi connectivity index (χ4n) is 1.02. The molecule has 0 aliphatic carbocycles. The quantitative estimate of drug-likeness (QED) is 0.649. The van der Waals surface area contributed by atoms with Crippen LogP contribution in [0.3, 0.4) is 0 Å². The number of ether oxygens (including phenoxy) is 2. The van der Waals surface area contributed by atoms with Crippen molar-refractivity contribution in [3.63, 3.8) is 0 Å². The average Bonchev–Trinajstić information content (AvgIpc) is 2.52. The number of halogens is 1. The highest BCUT2D eigenvalue weighted by Gasteiger charge is 2.16. The molecule has 5 heteroatoms. The van der Waals surface area contributed by atoms with E-state index in [2.05, 4.69) is 0 Å². The highest BCUT2D eigenvalue weighted by Crippen LogP contribution is 2.11. The van der Waals surface area contributed by atoms with Gasteiger partial charge >= 0.3 is 5.97 Å². The lowest BCUT2D eigenvalue weighted by molar-refractivity contribution is -0.145. The molecular formula is C7H14ClNO3. The zero-order chi connectivity index (χ0) is 8.10. The van der Waals surface area contributed by atoms with Gasteiger partial charge in [0.25, 0.3) is 0 Å². The third kappa shape index (κ3) is 3.90. The molecule has 0 aromatic rings. The van der Waals surface area contributed by atoms with Crippen molar-refractivity contribution in [1.29, 1.82) is 0 Å². The molecular weight excluding hydrogens is 182 g/mol. The van der Waals surface area contributed by atoms with Gasteiger partial charge in [-0.2, -0.15) is 0 Å². The molecule has 1 heterocycles. The van der Waals surface area contributed by atoms with E-state index in [1.807, 2.05) is 0 Å². The van der Waals surface area contributed by atoms with Crippen molar-refractivity contribution < 1.29 is 14.3 Å². The predicted octanol–water partition coefficient (Wildman–Crippen LogP) is 0.0891. The van der Waals surface area contributed by atoms with Gasteiger partial charge in [-0.1, -0.05) is 0 Å². The Hall–Kier alpha value is -0.320. The number of hydrogen-bond donors (Lipinski definition) is 1. The van der Waals surface area contributed by atoms with Crippen LogP contribution in [0.5, 0.6) is 0 Å². The number of hydrogen-bond acceptors (Lipinski definition) is 4. The second-order valence-electron chi connectivity index (χ2n) is 2.52. The first-order valence-electron chi connectivity index (χ1n) is 3.80. The molecule has 2 N–H and O–H groups in total. The van der Waals surface area contributed by atoms with E-state index in [-0.39, 0.29) is 31.0 Å². The van der Waals surface area contributed by atoms with Crippen LogP contribution >= 0.6 is 12.4 Å². The summed E-state index contributed by atoms with van der Waals surface area (Å²) in [5, 5.41) is 0. The van der Waals surface area contributed by atoms with Crippen molar-refractivity contribution in [3.05, 3.63) is 0 Å². The minimum atomic E-state index is -0.361. The van der Waals surface area contributed by atoms with E-state index in [4.69, 9.17) is 15.2 Å². The molecule has 1 saturated heterocycles. The first-order valence-corrected chi connectivity index (χ1v) is 3.80. The molecule has 0 bridgehead atoms. The van der Waals surface area contributed by atoms with Crippen LogP contribution in [-0.4, -0.2) is 31.8 Å². The van der Waals surface area contributed by atoms with Crippen molar-refractivity contribution in [2.45, 2.75) is 18.9 Å². The summed E-state index contributed by atoms with van der Waals surface area (Å²) in [6, 6.07) is 0. The molecule has 72 valence electrons. The van der Waals surface area contributed by atoms with E-state index in [1.165, 1.54) is 0 Å². The lowest BCUT2D eigenvalue weighted by Gasteiger charge is -2.08. The Labute approximate surface area is 77.8 Å². The molecule has 0 amide bonds. The van der Waals surface area contributed by atoms with E-state index in [0.717, 1.165) is 19.4 Å². The average molecular weight is 196 g/mol. The van der Waals surface area contributed by atoms with Crippen molar-refractivity contribution in [2.75, 3.05) is 19.8 Å². The van der Waals surface area contributed by atoms with Gasteiger partial charge < -0.3 is 15.2 Å². The van der Waals surface area contributed by atoms with Gasteiger partial charge in [-0.05, 0) is 12.8 Å². The number of carbonyl (C=O) groups excluding carboxylic acids is 1. The highest BCUT2D eigenvalue weighted by molar-refractivity contribution is 5.85. The molecule has 0 aromatic heterocycles. The van der Waals surface area contributed by atoms with Gasteiger partial charge in [0.05, 0.1) is 12.6 Å². The Bertz CT molecular complexity index is 137. The van der Waals surface area contributed by atoms with E-state index in [1.54, 1.807) is 0 Å². The summed E-state index contributed by atoms with van der Waals surface area (Å²) >= 11 is 0. The minimum absolute atomic E-state index is 0. The van der Waals surface area contributed by atoms with E-state index in [9.17, 15) is 4.79 Å². The molecule has 12 heavy (non-hydrogen) atoms. The second kappa shape index (κ2) is 6.22. The minimum Gasteiger partial charge on any atom is -0.462 e. The van der Waals surface area contributed by atoms with Crippen LogP contribution in [0, 0.1) is 0 Å². The summed E-state index contributed by atoms with van der Waals surface area (Å²) in [6.45, 7) is 1.09. The normalized spacial score (nSPS) is 21.6. The number of carbonyl (C=O) groups is 1. The molecule has 1 unspecified atom stereocenters. The zero-order valence-electron chi connectivity index (χ0n) is 6.82. The Morgan fingerprint density at radius 3 is 2.92 bits per heavy atom. The van der Waals surface area contributed by atoms with Gasteiger partial charge in [-0.25, -0.2) is 0 Å². The standard InChI is InChI=1S/C7H13NO3.ClH/c8-4-7(9)11-5-6-2-1-3-10-6;/h6H,1-5,8H2;1H. The first kappa shape index (κ1) is 11.7. The van der Waals surface area contributed by atoms with E-state index < -0.39 is 0 Å². The van der Waals surface area contributed by atoms with Gasteiger partial charge in [-0.15, -0.1) is 12.4 Å². The van der Waals surface area contributed by atoms with Crippen LogP contribution < -0.4 is 5.73 Å².